The zero-order chi connectivity index (χ0) is 20.3. The van der Waals surface area contributed by atoms with Gasteiger partial charge >= 0.3 is 19.5 Å². The van der Waals surface area contributed by atoms with E-state index in [-0.39, 0.29) is 31.4 Å². The number of nitrogens with zero attached hydrogens (tertiary/aromatic N) is 2. The second-order valence-corrected chi connectivity index (χ2v) is 8.19. The number of phosphoric acid groups is 1. The van der Waals surface area contributed by atoms with Crippen LogP contribution in [-0.4, -0.2) is 47.5 Å². The van der Waals surface area contributed by atoms with Gasteiger partial charge in [-0.3, -0.25) is 22.9 Å². The highest BCUT2D eigenvalue weighted by molar-refractivity contribution is 7.48. The molecular weight excluding hydrogens is 393 g/mol. The van der Waals surface area contributed by atoms with Crippen molar-refractivity contribution < 1.29 is 32.4 Å². The third-order valence-electron chi connectivity index (χ3n) is 4.49. The number of anilines is 1. The summed E-state index contributed by atoms with van der Waals surface area (Å²) in [5.41, 5.74) is 4.95. The molecule has 2 saturated heterocycles. The third kappa shape index (κ3) is 4.79. The lowest BCUT2D eigenvalue weighted by atomic mass is 10.1. The lowest BCUT2D eigenvalue weighted by Gasteiger charge is -2.29. The van der Waals surface area contributed by atoms with Crippen LogP contribution in [0.4, 0.5) is 5.82 Å². The molecule has 5 atom stereocenters. The van der Waals surface area contributed by atoms with E-state index in [0.29, 0.717) is 13.0 Å². The SMILES string of the molecule is CCOC(=O)C(C)CCO[P@@]1(=O)OC[C@@H]2O[C@H](n3ccc(N)nc3=O)C[C@H]2O1. The second-order valence-electron chi connectivity index (χ2n) is 6.57. The first-order chi connectivity index (χ1) is 13.3. The number of aromatic nitrogens is 2. The Kier molecular flexibility index (Phi) is 6.51. The Morgan fingerprint density at radius 1 is 1.50 bits per heavy atom. The van der Waals surface area contributed by atoms with Crippen LogP contribution in [0, 0.1) is 5.92 Å². The molecule has 0 bridgehead atoms. The maximum atomic E-state index is 12.7. The number of esters is 1. The third-order valence-corrected chi connectivity index (χ3v) is 5.99. The molecule has 12 heteroatoms. The van der Waals surface area contributed by atoms with Crippen LogP contribution < -0.4 is 11.4 Å². The van der Waals surface area contributed by atoms with Gasteiger partial charge in [-0.1, -0.05) is 6.92 Å². The molecule has 2 N–H and O–H groups in total. The smallest absolute Gasteiger partial charge is 0.466 e. The van der Waals surface area contributed by atoms with E-state index in [1.165, 1.54) is 16.8 Å². The van der Waals surface area contributed by atoms with Crippen LogP contribution in [0.3, 0.4) is 0 Å². The van der Waals surface area contributed by atoms with Gasteiger partial charge in [-0.25, -0.2) is 9.36 Å². The molecule has 1 aromatic heterocycles. The van der Waals surface area contributed by atoms with Crippen LogP contribution in [0.15, 0.2) is 17.1 Å². The number of rotatable bonds is 7. The number of phosphoric ester groups is 1. The van der Waals surface area contributed by atoms with Gasteiger partial charge in [0.1, 0.15) is 24.3 Å². The molecule has 0 spiro atoms. The van der Waals surface area contributed by atoms with Crippen LogP contribution in [0.5, 0.6) is 0 Å². The van der Waals surface area contributed by atoms with Gasteiger partial charge in [-0.2, -0.15) is 4.98 Å². The zero-order valence-electron chi connectivity index (χ0n) is 15.7. The second kappa shape index (κ2) is 8.71. The number of hydrogen-bond acceptors (Lipinski definition) is 10. The molecule has 3 rings (SSSR count). The normalized spacial score (nSPS) is 30.6. The summed E-state index contributed by atoms with van der Waals surface area (Å²) in [4.78, 5) is 27.2. The molecule has 28 heavy (non-hydrogen) atoms. The molecule has 0 amide bonds. The van der Waals surface area contributed by atoms with E-state index >= 15 is 0 Å². The van der Waals surface area contributed by atoms with Gasteiger partial charge in [0.2, 0.25) is 0 Å². The van der Waals surface area contributed by atoms with Crippen molar-refractivity contribution in [3.63, 3.8) is 0 Å². The Bertz CT molecular complexity index is 815. The van der Waals surface area contributed by atoms with E-state index in [2.05, 4.69) is 4.98 Å². The van der Waals surface area contributed by atoms with E-state index in [0.717, 1.165) is 0 Å². The summed E-state index contributed by atoms with van der Waals surface area (Å²) >= 11 is 0. The number of carbonyl (C=O) groups is 1. The van der Waals surface area contributed by atoms with Crippen molar-refractivity contribution in [1.29, 1.82) is 0 Å². The summed E-state index contributed by atoms with van der Waals surface area (Å²) < 4.78 is 40.7. The van der Waals surface area contributed by atoms with E-state index in [9.17, 15) is 14.2 Å². The lowest BCUT2D eigenvalue weighted by molar-refractivity contribution is -0.147. The molecule has 3 heterocycles. The Balaban J connectivity index is 1.54. The fraction of sp³-hybridized carbons (Fsp3) is 0.688. The molecular formula is C16H24N3O8P. The summed E-state index contributed by atoms with van der Waals surface area (Å²) in [5, 5.41) is 0. The summed E-state index contributed by atoms with van der Waals surface area (Å²) in [7, 11) is -3.78. The number of fused-ring (bicyclic) bond motifs is 1. The van der Waals surface area contributed by atoms with Crippen molar-refractivity contribution in [1.82, 2.24) is 9.55 Å². The highest BCUT2D eigenvalue weighted by Crippen LogP contribution is 2.56. The topological polar surface area (TPSA) is 141 Å². The molecule has 1 unspecified atom stereocenters. The van der Waals surface area contributed by atoms with Crippen molar-refractivity contribution in [3.8, 4) is 0 Å². The molecule has 2 aliphatic rings. The first-order valence-corrected chi connectivity index (χ1v) is 10.5. The summed E-state index contributed by atoms with van der Waals surface area (Å²) in [6.07, 6.45) is 0.409. The summed E-state index contributed by atoms with van der Waals surface area (Å²) in [5.74, 6) is -0.621. The fourth-order valence-corrected chi connectivity index (χ4v) is 4.36. The van der Waals surface area contributed by atoms with Crippen LogP contribution in [0.1, 0.15) is 32.9 Å². The first-order valence-electron chi connectivity index (χ1n) is 9.05. The highest BCUT2D eigenvalue weighted by atomic mass is 31.2. The van der Waals surface area contributed by atoms with Crippen LogP contribution in [-0.2, 0) is 32.4 Å². The molecule has 2 aliphatic heterocycles. The predicted octanol–water partition coefficient (Wildman–Crippen LogP) is 1.24. The number of nitrogen functional groups attached to an aromatic ring is 1. The van der Waals surface area contributed by atoms with Gasteiger partial charge < -0.3 is 15.2 Å². The molecule has 11 nitrogen and oxygen atoms in total. The maximum Gasteiger partial charge on any atom is 0.475 e. The Labute approximate surface area is 161 Å². The highest BCUT2D eigenvalue weighted by Gasteiger charge is 2.48. The molecule has 0 saturated carbocycles. The number of ether oxygens (including phenoxy) is 2. The van der Waals surface area contributed by atoms with E-state index in [1.807, 2.05) is 0 Å². The van der Waals surface area contributed by atoms with E-state index < -0.39 is 37.9 Å². The Morgan fingerprint density at radius 3 is 3.00 bits per heavy atom. The molecule has 156 valence electrons. The van der Waals surface area contributed by atoms with E-state index in [1.54, 1.807) is 13.8 Å². The molecule has 0 aliphatic carbocycles. The average molecular weight is 417 g/mol. The van der Waals surface area contributed by atoms with Gasteiger partial charge in [0, 0.05) is 12.6 Å². The Hall–Kier alpha value is -1.78. The largest absolute Gasteiger partial charge is 0.475 e. The van der Waals surface area contributed by atoms with Gasteiger partial charge in [-0.05, 0) is 19.4 Å². The summed E-state index contributed by atoms with van der Waals surface area (Å²) in [6.45, 7) is 3.74. The molecule has 1 aromatic rings. The average Bonchev–Trinajstić information content (AvgIpc) is 3.04. The van der Waals surface area contributed by atoms with Crippen LogP contribution in [0.25, 0.3) is 0 Å². The predicted molar refractivity (Wildman–Crippen MR) is 96.2 cm³/mol. The van der Waals surface area contributed by atoms with Crippen molar-refractivity contribution >= 4 is 19.6 Å². The van der Waals surface area contributed by atoms with Crippen LogP contribution >= 0.6 is 7.82 Å². The van der Waals surface area contributed by atoms with Crippen molar-refractivity contribution in [3.05, 3.63) is 22.7 Å². The minimum absolute atomic E-state index is 0.00300. The van der Waals surface area contributed by atoms with Crippen molar-refractivity contribution in [2.24, 2.45) is 5.92 Å². The Morgan fingerprint density at radius 2 is 2.29 bits per heavy atom. The quantitative estimate of drug-likeness (QED) is 0.509. The van der Waals surface area contributed by atoms with Gasteiger partial charge in [-0.15, -0.1) is 0 Å². The fourth-order valence-electron chi connectivity index (χ4n) is 2.95. The zero-order valence-corrected chi connectivity index (χ0v) is 16.6. The van der Waals surface area contributed by atoms with Crippen LogP contribution in [0.2, 0.25) is 0 Å². The minimum Gasteiger partial charge on any atom is -0.466 e. The van der Waals surface area contributed by atoms with Gasteiger partial charge in [0.25, 0.3) is 0 Å². The minimum atomic E-state index is -3.78. The van der Waals surface area contributed by atoms with Crippen molar-refractivity contribution in [2.75, 3.05) is 25.6 Å². The molecule has 0 radical (unpaired) electrons. The first kappa shape index (κ1) is 20.9. The molecule has 0 aromatic carbocycles. The number of nitrogens with two attached hydrogens (primary N) is 1. The monoisotopic (exact) mass is 417 g/mol. The lowest BCUT2D eigenvalue weighted by Crippen LogP contribution is -2.33. The van der Waals surface area contributed by atoms with Crippen molar-refractivity contribution in [2.45, 2.75) is 45.1 Å². The number of hydrogen-bond donors (Lipinski definition) is 1. The van der Waals surface area contributed by atoms with Gasteiger partial charge in [0.05, 0.1) is 25.7 Å². The van der Waals surface area contributed by atoms with E-state index in [4.69, 9.17) is 28.8 Å². The molecule has 2 fully saturated rings. The maximum absolute atomic E-state index is 12.7. The number of carbonyl (C=O) groups excluding carboxylic acids is 1. The summed E-state index contributed by atoms with van der Waals surface area (Å²) in [6, 6.07) is 1.49. The standard InChI is InChI=1S/C16H24N3O8P/c1-3-23-15(20)10(2)5-7-24-28(22)25-9-12-11(27-28)8-14(26-12)19-6-4-13(17)18-16(19)21/h4,6,10-12,14H,3,5,7-9H2,1-2H3,(H2,17,18,21)/t10?,11-,12+,14+,28+/m1/s1. The van der Waals surface area contributed by atoms with Gasteiger partial charge in [0.15, 0.2) is 0 Å².